The van der Waals surface area contributed by atoms with E-state index in [1.807, 2.05) is 30.3 Å². The molecule has 0 aliphatic heterocycles. The van der Waals surface area contributed by atoms with Gasteiger partial charge in [0.1, 0.15) is 0 Å². The van der Waals surface area contributed by atoms with E-state index in [0.717, 1.165) is 41.5 Å². The molecule has 0 aliphatic rings. The molecule has 0 radical (unpaired) electrons. The molecular formula is C16H19N3. The number of rotatable bonds is 5. The molecule has 0 aromatic heterocycles. The molecule has 2 aromatic rings. The fourth-order valence-corrected chi connectivity index (χ4v) is 2.17. The predicted octanol–water partition coefficient (Wildman–Crippen LogP) is 3.08. The SMILES string of the molecule is CN(C)CCCNc1ccc(C#N)c2ccccc12. The Labute approximate surface area is 114 Å². The fourth-order valence-electron chi connectivity index (χ4n) is 2.17. The highest BCUT2D eigenvalue weighted by atomic mass is 15.1. The maximum atomic E-state index is 9.13. The first-order valence-corrected chi connectivity index (χ1v) is 6.53. The van der Waals surface area contributed by atoms with Crippen LogP contribution in [-0.4, -0.2) is 32.1 Å². The van der Waals surface area contributed by atoms with E-state index in [9.17, 15) is 0 Å². The van der Waals surface area contributed by atoms with Crippen LogP contribution < -0.4 is 5.32 Å². The Morgan fingerprint density at radius 3 is 2.53 bits per heavy atom. The molecule has 0 aliphatic carbocycles. The highest BCUT2D eigenvalue weighted by molar-refractivity contribution is 5.97. The van der Waals surface area contributed by atoms with Gasteiger partial charge in [-0.15, -0.1) is 0 Å². The van der Waals surface area contributed by atoms with Crippen molar-refractivity contribution in [3.05, 3.63) is 42.0 Å². The topological polar surface area (TPSA) is 39.1 Å². The molecule has 3 nitrogen and oxygen atoms in total. The van der Waals surface area contributed by atoms with Gasteiger partial charge < -0.3 is 10.2 Å². The van der Waals surface area contributed by atoms with Crippen LogP contribution in [0.5, 0.6) is 0 Å². The average molecular weight is 253 g/mol. The standard InChI is InChI=1S/C16H19N3/c1-19(2)11-5-10-18-16-9-8-13(12-17)14-6-3-4-7-15(14)16/h3-4,6-9,18H,5,10-11H2,1-2H3. The van der Waals surface area contributed by atoms with Gasteiger partial charge in [-0.1, -0.05) is 24.3 Å². The van der Waals surface area contributed by atoms with E-state index in [1.165, 1.54) is 0 Å². The molecule has 0 bridgehead atoms. The number of fused-ring (bicyclic) bond motifs is 1. The molecule has 0 heterocycles. The lowest BCUT2D eigenvalue weighted by Gasteiger charge is -2.12. The van der Waals surface area contributed by atoms with Crippen LogP contribution in [0.3, 0.4) is 0 Å². The number of nitrogens with zero attached hydrogens (tertiary/aromatic N) is 2. The summed E-state index contributed by atoms with van der Waals surface area (Å²) in [5.41, 5.74) is 1.84. The van der Waals surface area contributed by atoms with E-state index in [4.69, 9.17) is 5.26 Å². The van der Waals surface area contributed by atoms with Crippen LogP contribution in [0.15, 0.2) is 36.4 Å². The van der Waals surface area contributed by atoms with Gasteiger partial charge in [-0.05, 0) is 39.2 Å². The minimum atomic E-state index is 0.731. The van der Waals surface area contributed by atoms with E-state index in [-0.39, 0.29) is 0 Å². The number of benzene rings is 2. The second-order valence-electron chi connectivity index (χ2n) is 4.90. The van der Waals surface area contributed by atoms with Gasteiger partial charge in [0.05, 0.1) is 11.6 Å². The summed E-state index contributed by atoms with van der Waals surface area (Å²) in [6.07, 6.45) is 1.10. The third-order valence-corrected chi connectivity index (χ3v) is 3.14. The number of hydrogen-bond acceptors (Lipinski definition) is 3. The molecule has 19 heavy (non-hydrogen) atoms. The zero-order valence-corrected chi connectivity index (χ0v) is 11.5. The number of anilines is 1. The first-order valence-electron chi connectivity index (χ1n) is 6.53. The number of nitriles is 1. The van der Waals surface area contributed by atoms with Gasteiger partial charge in [-0.3, -0.25) is 0 Å². The van der Waals surface area contributed by atoms with Crippen molar-refractivity contribution in [1.29, 1.82) is 5.26 Å². The van der Waals surface area contributed by atoms with Gasteiger partial charge in [0.25, 0.3) is 0 Å². The van der Waals surface area contributed by atoms with Crippen LogP contribution in [-0.2, 0) is 0 Å². The van der Waals surface area contributed by atoms with Crippen LogP contribution in [0, 0.1) is 11.3 Å². The Hall–Kier alpha value is -2.05. The van der Waals surface area contributed by atoms with Crippen molar-refractivity contribution in [2.24, 2.45) is 0 Å². The van der Waals surface area contributed by atoms with Crippen LogP contribution in [0.1, 0.15) is 12.0 Å². The van der Waals surface area contributed by atoms with Crippen molar-refractivity contribution in [3.63, 3.8) is 0 Å². The van der Waals surface area contributed by atoms with Crippen LogP contribution in [0.25, 0.3) is 10.8 Å². The zero-order valence-electron chi connectivity index (χ0n) is 11.5. The lowest BCUT2D eigenvalue weighted by atomic mass is 10.0. The summed E-state index contributed by atoms with van der Waals surface area (Å²) in [5.74, 6) is 0. The lowest BCUT2D eigenvalue weighted by molar-refractivity contribution is 0.405. The van der Waals surface area contributed by atoms with Gasteiger partial charge in [0, 0.05) is 23.0 Å². The maximum Gasteiger partial charge on any atom is 0.0998 e. The minimum Gasteiger partial charge on any atom is -0.384 e. The largest absolute Gasteiger partial charge is 0.384 e. The molecule has 0 saturated heterocycles. The van der Waals surface area contributed by atoms with Gasteiger partial charge in [0.15, 0.2) is 0 Å². The van der Waals surface area contributed by atoms with E-state index in [2.05, 4.69) is 36.4 Å². The fraction of sp³-hybridized carbons (Fsp3) is 0.312. The third kappa shape index (κ3) is 3.24. The highest BCUT2D eigenvalue weighted by Gasteiger charge is 2.04. The summed E-state index contributed by atoms with van der Waals surface area (Å²) in [6, 6.07) is 14.2. The van der Waals surface area contributed by atoms with Crippen molar-refractivity contribution >= 4 is 16.5 Å². The molecule has 3 heteroatoms. The third-order valence-electron chi connectivity index (χ3n) is 3.14. The van der Waals surface area contributed by atoms with Gasteiger partial charge in [-0.25, -0.2) is 0 Å². The molecule has 0 atom stereocenters. The Kier molecular flexibility index (Phi) is 4.38. The van der Waals surface area contributed by atoms with Crippen molar-refractivity contribution in [2.75, 3.05) is 32.5 Å². The number of nitrogens with one attached hydrogen (secondary N) is 1. The first kappa shape index (κ1) is 13.4. The Morgan fingerprint density at radius 1 is 1.11 bits per heavy atom. The quantitative estimate of drug-likeness (QED) is 0.832. The van der Waals surface area contributed by atoms with E-state index >= 15 is 0 Å². The molecule has 1 N–H and O–H groups in total. The van der Waals surface area contributed by atoms with Gasteiger partial charge in [0.2, 0.25) is 0 Å². The molecule has 0 amide bonds. The molecule has 0 unspecified atom stereocenters. The predicted molar refractivity (Wildman–Crippen MR) is 80.3 cm³/mol. The number of hydrogen-bond donors (Lipinski definition) is 1. The molecule has 0 fully saturated rings. The summed E-state index contributed by atoms with van der Waals surface area (Å²) in [7, 11) is 4.16. The molecular weight excluding hydrogens is 234 g/mol. The molecule has 0 saturated carbocycles. The first-order chi connectivity index (χ1) is 9.22. The monoisotopic (exact) mass is 253 g/mol. The second kappa shape index (κ2) is 6.21. The Balaban J connectivity index is 2.18. The van der Waals surface area contributed by atoms with Gasteiger partial charge in [-0.2, -0.15) is 5.26 Å². The highest BCUT2D eigenvalue weighted by Crippen LogP contribution is 2.26. The summed E-state index contributed by atoms with van der Waals surface area (Å²) < 4.78 is 0. The van der Waals surface area contributed by atoms with E-state index in [1.54, 1.807) is 0 Å². The zero-order chi connectivity index (χ0) is 13.7. The molecule has 98 valence electrons. The normalized spacial score (nSPS) is 10.6. The lowest BCUT2D eigenvalue weighted by Crippen LogP contribution is -2.16. The second-order valence-corrected chi connectivity index (χ2v) is 4.90. The summed E-state index contributed by atoms with van der Waals surface area (Å²) in [4.78, 5) is 2.18. The smallest absolute Gasteiger partial charge is 0.0998 e. The van der Waals surface area contributed by atoms with Crippen molar-refractivity contribution in [3.8, 4) is 6.07 Å². The van der Waals surface area contributed by atoms with Gasteiger partial charge >= 0.3 is 0 Å². The summed E-state index contributed by atoms with van der Waals surface area (Å²) >= 11 is 0. The molecule has 2 rings (SSSR count). The summed E-state index contributed by atoms with van der Waals surface area (Å²) in [5, 5.41) is 14.7. The molecule has 2 aromatic carbocycles. The van der Waals surface area contributed by atoms with E-state index in [0.29, 0.717) is 0 Å². The average Bonchev–Trinajstić information content (AvgIpc) is 2.43. The van der Waals surface area contributed by atoms with E-state index < -0.39 is 0 Å². The summed E-state index contributed by atoms with van der Waals surface area (Å²) in [6.45, 7) is 2.01. The molecule has 0 spiro atoms. The van der Waals surface area contributed by atoms with Crippen molar-refractivity contribution < 1.29 is 0 Å². The van der Waals surface area contributed by atoms with Crippen LogP contribution in [0.2, 0.25) is 0 Å². The maximum absolute atomic E-state index is 9.13. The Bertz CT molecular complexity index is 596. The van der Waals surface area contributed by atoms with Crippen molar-refractivity contribution in [2.45, 2.75) is 6.42 Å². The van der Waals surface area contributed by atoms with Crippen LogP contribution in [0.4, 0.5) is 5.69 Å². The van der Waals surface area contributed by atoms with Crippen LogP contribution >= 0.6 is 0 Å². The minimum absolute atomic E-state index is 0.731. The Morgan fingerprint density at radius 2 is 1.84 bits per heavy atom. The van der Waals surface area contributed by atoms with Crippen molar-refractivity contribution in [1.82, 2.24) is 4.90 Å².